The van der Waals surface area contributed by atoms with Crippen LogP contribution in [0, 0.1) is 5.92 Å². The van der Waals surface area contributed by atoms with Gasteiger partial charge < -0.3 is 20.2 Å². The number of nitrogens with zero attached hydrogens (tertiary/aromatic N) is 3. The Balaban J connectivity index is 1.55. The van der Waals surface area contributed by atoms with Crippen molar-refractivity contribution < 1.29 is 14.4 Å². The summed E-state index contributed by atoms with van der Waals surface area (Å²) < 4.78 is 5.78. The van der Waals surface area contributed by atoms with Gasteiger partial charge in [-0.1, -0.05) is 30.3 Å². The summed E-state index contributed by atoms with van der Waals surface area (Å²) in [6.45, 7) is 5.85. The molecule has 3 rings (SSSR count). The minimum Gasteiger partial charge on any atom is -0.489 e. The highest BCUT2D eigenvalue weighted by molar-refractivity contribution is 5.97. The predicted molar refractivity (Wildman–Crippen MR) is 111 cm³/mol. The van der Waals surface area contributed by atoms with E-state index in [1.165, 1.54) is 0 Å². The summed E-state index contributed by atoms with van der Waals surface area (Å²) in [4.78, 5) is 23.8. The van der Waals surface area contributed by atoms with Crippen molar-refractivity contribution in [3.8, 4) is 5.75 Å². The Labute approximate surface area is 171 Å². The topological polar surface area (TPSA) is 90.0 Å². The number of benzene rings is 1. The molecule has 7 nitrogen and oxygen atoms in total. The molecule has 1 unspecified atom stereocenters. The largest absolute Gasteiger partial charge is 0.489 e. The first-order valence-corrected chi connectivity index (χ1v) is 9.93. The molecule has 1 aliphatic heterocycles. The van der Waals surface area contributed by atoms with E-state index in [0.29, 0.717) is 23.8 Å². The third-order valence-corrected chi connectivity index (χ3v) is 5.01. The van der Waals surface area contributed by atoms with E-state index in [-0.39, 0.29) is 11.7 Å². The zero-order chi connectivity index (χ0) is 20.6. The highest BCUT2D eigenvalue weighted by Gasteiger charge is 2.25. The SMILES string of the molecule is CC1CCN(C(=O)C(C)ON=C(N)c2cccc(OCc3cccnc3)c2)CC1. The standard InChI is InChI=1S/C22H28N4O3/c1-16-8-11-26(12-9-16)22(27)17(2)29-25-21(23)19-6-3-7-20(13-19)28-15-18-5-4-10-24-14-18/h3-7,10,13-14,16-17H,8-9,11-12,15H2,1-2H3,(H2,23,25). The maximum Gasteiger partial charge on any atom is 0.266 e. The first-order chi connectivity index (χ1) is 14.0. The smallest absolute Gasteiger partial charge is 0.266 e. The molecule has 0 aliphatic carbocycles. The molecule has 2 N–H and O–H groups in total. The van der Waals surface area contributed by atoms with Crippen LogP contribution in [0.15, 0.2) is 53.9 Å². The molecule has 7 heteroatoms. The van der Waals surface area contributed by atoms with Crippen molar-refractivity contribution in [2.45, 2.75) is 39.4 Å². The highest BCUT2D eigenvalue weighted by Crippen LogP contribution is 2.18. The fourth-order valence-corrected chi connectivity index (χ4v) is 3.12. The van der Waals surface area contributed by atoms with Gasteiger partial charge in [0, 0.05) is 36.6 Å². The Morgan fingerprint density at radius 1 is 1.31 bits per heavy atom. The number of nitrogens with two attached hydrogens (primary N) is 1. The lowest BCUT2D eigenvalue weighted by atomic mass is 9.99. The van der Waals surface area contributed by atoms with Crippen LogP contribution in [0.2, 0.25) is 0 Å². The molecule has 0 spiro atoms. The lowest BCUT2D eigenvalue weighted by Crippen LogP contribution is -2.43. The lowest BCUT2D eigenvalue weighted by Gasteiger charge is -2.31. The third kappa shape index (κ3) is 5.94. The van der Waals surface area contributed by atoms with Crippen LogP contribution in [-0.4, -0.2) is 40.8 Å². The summed E-state index contributed by atoms with van der Waals surface area (Å²) in [5.41, 5.74) is 7.69. The molecule has 2 heterocycles. The second-order valence-corrected chi connectivity index (χ2v) is 7.41. The average Bonchev–Trinajstić information content (AvgIpc) is 2.76. The van der Waals surface area contributed by atoms with Crippen molar-refractivity contribution in [3.05, 3.63) is 59.9 Å². The molecule has 1 aromatic carbocycles. The lowest BCUT2D eigenvalue weighted by molar-refractivity contribution is -0.143. The van der Waals surface area contributed by atoms with Crippen molar-refractivity contribution in [3.63, 3.8) is 0 Å². The van der Waals surface area contributed by atoms with Gasteiger partial charge in [-0.05, 0) is 43.9 Å². The number of oxime groups is 1. The maximum atomic E-state index is 12.5. The summed E-state index contributed by atoms with van der Waals surface area (Å²) in [6.07, 6.45) is 4.85. The molecule has 1 atom stereocenters. The van der Waals surface area contributed by atoms with E-state index in [2.05, 4.69) is 17.1 Å². The Bertz CT molecular complexity index is 833. The number of ether oxygens (including phenoxy) is 1. The molecule has 1 fully saturated rings. The van der Waals surface area contributed by atoms with Gasteiger partial charge in [0.25, 0.3) is 5.91 Å². The molecule has 1 aromatic heterocycles. The number of carbonyl (C=O) groups excluding carboxylic acids is 1. The number of aromatic nitrogens is 1. The molecule has 154 valence electrons. The average molecular weight is 396 g/mol. The monoisotopic (exact) mass is 396 g/mol. The first-order valence-electron chi connectivity index (χ1n) is 9.93. The van der Waals surface area contributed by atoms with Gasteiger partial charge in [0.05, 0.1) is 0 Å². The predicted octanol–water partition coefficient (Wildman–Crippen LogP) is 2.94. The van der Waals surface area contributed by atoms with E-state index in [0.717, 1.165) is 31.5 Å². The highest BCUT2D eigenvalue weighted by atomic mass is 16.6. The van der Waals surface area contributed by atoms with Crippen molar-refractivity contribution in [1.82, 2.24) is 9.88 Å². The second-order valence-electron chi connectivity index (χ2n) is 7.41. The van der Waals surface area contributed by atoms with Gasteiger partial charge in [0.15, 0.2) is 5.84 Å². The zero-order valence-electron chi connectivity index (χ0n) is 17.0. The number of amides is 1. The molecule has 0 bridgehead atoms. The van der Waals surface area contributed by atoms with Crippen LogP contribution in [-0.2, 0) is 16.2 Å². The van der Waals surface area contributed by atoms with Gasteiger partial charge in [0.1, 0.15) is 12.4 Å². The normalized spacial score (nSPS) is 16.3. The number of rotatable bonds is 7. The van der Waals surface area contributed by atoms with Gasteiger partial charge >= 0.3 is 0 Å². The van der Waals surface area contributed by atoms with Crippen LogP contribution in [0.4, 0.5) is 0 Å². The summed E-state index contributed by atoms with van der Waals surface area (Å²) in [5, 5.41) is 3.97. The Kier molecular flexibility index (Phi) is 7.05. The molecule has 2 aromatic rings. The molecule has 29 heavy (non-hydrogen) atoms. The minimum absolute atomic E-state index is 0.0537. The molecular weight excluding hydrogens is 368 g/mol. The van der Waals surface area contributed by atoms with Crippen LogP contribution in [0.5, 0.6) is 5.75 Å². The van der Waals surface area contributed by atoms with E-state index in [1.54, 1.807) is 25.4 Å². The van der Waals surface area contributed by atoms with Gasteiger partial charge in [-0.3, -0.25) is 9.78 Å². The van der Waals surface area contributed by atoms with Gasteiger partial charge in [0.2, 0.25) is 6.10 Å². The number of hydrogen-bond acceptors (Lipinski definition) is 5. The number of carbonyl (C=O) groups is 1. The number of likely N-dealkylation sites (tertiary alicyclic amines) is 1. The fraction of sp³-hybridized carbons (Fsp3) is 0.409. The van der Waals surface area contributed by atoms with Crippen molar-refractivity contribution in [2.24, 2.45) is 16.8 Å². The van der Waals surface area contributed by atoms with Gasteiger partial charge in [-0.2, -0.15) is 0 Å². The Morgan fingerprint density at radius 3 is 2.83 bits per heavy atom. The van der Waals surface area contributed by atoms with E-state index in [1.807, 2.05) is 35.2 Å². The van der Waals surface area contributed by atoms with Crippen LogP contribution in [0.1, 0.15) is 37.8 Å². The Morgan fingerprint density at radius 2 is 2.10 bits per heavy atom. The van der Waals surface area contributed by atoms with Crippen molar-refractivity contribution in [1.29, 1.82) is 0 Å². The van der Waals surface area contributed by atoms with E-state index < -0.39 is 6.10 Å². The van der Waals surface area contributed by atoms with Crippen LogP contribution >= 0.6 is 0 Å². The van der Waals surface area contributed by atoms with Crippen LogP contribution in [0.25, 0.3) is 0 Å². The maximum absolute atomic E-state index is 12.5. The molecule has 1 aliphatic rings. The van der Waals surface area contributed by atoms with Crippen molar-refractivity contribution >= 4 is 11.7 Å². The summed E-state index contributed by atoms with van der Waals surface area (Å²) >= 11 is 0. The third-order valence-electron chi connectivity index (χ3n) is 5.01. The molecular formula is C22H28N4O3. The molecule has 0 radical (unpaired) electrons. The molecule has 1 amide bonds. The Hall–Kier alpha value is -3.09. The number of pyridine rings is 1. The minimum atomic E-state index is -0.674. The summed E-state index contributed by atoms with van der Waals surface area (Å²) in [6, 6.07) is 11.1. The number of amidine groups is 1. The van der Waals surface area contributed by atoms with Gasteiger partial charge in [-0.15, -0.1) is 0 Å². The summed E-state index contributed by atoms with van der Waals surface area (Å²) in [5.74, 6) is 1.47. The van der Waals surface area contributed by atoms with E-state index in [9.17, 15) is 4.79 Å². The van der Waals surface area contributed by atoms with Crippen molar-refractivity contribution in [2.75, 3.05) is 13.1 Å². The van der Waals surface area contributed by atoms with E-state index >= 15 is 0 Å². The quantitative estimate of drug-likeness (QED) is 0.441. The summed E-state index contributed by atoms with van der Waals surface area (Å²) in [7, 11) is 0. The number of piperidine rings is 1. The van der Waals surface area contributed by atoms with Gasteiger partial charge in [-0.25, -0.2) is 0 Å². The van der Waals surface area contributed by atoms with Crippen LogP contribution in [0.3, 0.4) is 0 Å². The van der Waals surface area contributed by atoms with Crippen LogP contribution < -0.4 is 10.5 Å². The number of hydrogen-bond donors (Lipinski definition) is 1. The molecule has 1 saturated heterocycles. The van der Waals surface area contributed by atoms with E-state index in [4.69, 9.17) is 15.3 Å². The first kappa shape index (κ1) is 20.6. The fourth-order valence-electron chi connectivity index (χ4n) is 3.12. The molecule has 0 saturated carbocycles. The zero-order valence-corrected chi connectivity index (χ0v) is 17.0. The second kappa shape index (κ2) is 9.91.